The molecule has 0 heterocycles. The summed E-state index contributed by atoms with van der Waals surface area (Å²) in [5.74, 6) is 1.74. The lowest BCUT2D eigenvalue weighted by atomic mass is 9.74. The SMILES string of the molecule is CCCCC(CC)CC1CCc2ccccc2C1NCC. The Bertz CT molecular complexity index is 412. The third-order valence-corrected chi connectivity index (χ3v) is 5.25. The van der Waals surface area contributed by atoms with Crippen LogP contribution in [0.5, 0.6) is 0 Å². The van der Waals surface area contributed by atoms with Crippen molar-refractivity contribution >= 4 is 0 Å². The van der Waals surface area contributed by atoms with E-state index < -0.39 is 0 Å². The molecule has 1 nitrogen and oxygen atoms in total. The molecule has 0 spiro atoms. The highest BCUT2D eigenvalue weighted by molar-refractivity contribution is 5.33. The number of aryl methyl sites for hydroxylation is 1. The minimum absolute atomic E-state index is 0.579. The second kappa shape index (κ2) is 8.58. The first-order chi connectivity index (χ1) is 10.3. The molecular weight excluding hydrogens is 254 g/mol. The smallest absolute Gasteiger partial charge is 0.0351 e. The highest BCUT2D eigenvalue weighted by atomic mass is 14.9. The second-order valence-corrected chi connectivity index (χ2v) is 6.69. The van der Waals surface area contributed by atoms with Gasteiger partial charge in [0.05, 0.1) is 0 Å². The van der Waals surface area contributed by atoms with Gasteiger partial charge in [-0.15, -0.1) is 0 Å². The predicted molar refractivity (Wildman–Crippen MR) is 92.6 cm³/mol. The van der Waals surface area contributed by atoms with Crippen LogP contribution in [-0.2, 0) is 6.42 Å². The van der Waals surface area contributed by atoms with Crippen LogP contribution < -0.4 is 5.32 Å². The molecule has 0 aromatic heterocycles. The van der Waals surface area contributed by atoms with Gasteiger partial charge in [-0.25, -0.2) is 0 Å². The van der Waals surface area contributed by atoms with Gasteiger partial charge in [0.2, 0.25) is 0 Å². The van der Waals surface area contributed by atoms with Crippen molar-refractivity contribution in [3.8, 4) is 0 Å². The molecule has 3 atom stereocenters. The molecule has 0 amide bonds. The van der Waals surface area contributed by atoms with E-state index in [1.165, 1.54) is 44.9 Å². The fourth-order valence-electron chi connectivity index (χ4n) is 3.99. The molecule has 2 rings (SSSR count). The van der Waals surface area contributed by atoms with E-state index in [0.29, 0.717) is 6.04 Å². The van der Waals surface area contributed by atoms with E-state index in [1.54, 1.807) is 11.1 Å². The third-order valence-electron chi connectivity index (χ3n) is 5.25. The predicted octanol–water partition coefficient (Wildman–Crippen LogP) is 5.51. The Morgan fingerprint density at radius 1 is 1.19 bits per heavy atom. The van der Waals surface area contributed by atoms with Crippen molar-refractivity contribution in [2.24, 2.45) is 11.8 Å². The number of hydrogen-bond acceptors (Lipinski definition) is 1. The average Bonchev–Trinajstić information content (AvgIpc) is 2.53. The summed E-state index contributed by atoms with van der Waals surface area (Å²) in [5, 5.41) is 3.78. The number of nitrogens with one attached hydrogen (secondary N) is 1. The van der Waals surface area contributed by atoms with Crippen LogP contribution in [-0.4, -0.2) is 6.54 Å². The molecule has 0 saturated carbocycles. The molecule has 1 N–H and O–H groups in total. The molecule has 3 unspecified atom stereocenters. The zero-order chi connectivity index (χ0) is 15.1. The highest BCUT2D eigenvalue weighted by Crippen LogP contribution is 2.39. The van der Waals surface area contributed by atoms with Gasteiger partial charge in [0.1, 0.15) is 0 Å². The number of unbranched alkanes of at least 4 members (excludes halogenated alkanes) is 1. The normalized spacial score (nSPS) is 22.8. The van der Waals surface area contributed by atoms with Crippen LogP contribution >= 0.6 is 0 Å². The van der Waals surface area contributed by atoms with Crippen LogP contribution in [0.25, 0.3) is 0 Å². The first-order valence-electron chi connectivity index (χ1n) is 9.11. The van der Waals surface area contributed by atoms with Crippen LogP contribution in [0.1, 0.15) is 76.5 Å². The Balaban J connectivity index is 2.08. The number of benzene rings is 1. The number of rotatable bonds is 8. The van der Waals surface area contributed by atoms with Crippen molar-refractivity contribution in [1.82, 2.24) is 5.32 Å². The first kappa shape index (κ1) is 16.5. The summed E-state index contributed by atoms with van der Waals surface area (Å²) >= 11 is 0. The summed E-state index contributed by atoms with van der Waals surface area (Å²) in [7, 11) is 0. The lowest BCUT2D eigenvalue weighted by Crippen LogP contribution is -2.33. The van der Waals surface area contributed by atoms with E-state index in [4.69, 9.17) is 0 Å². The van der Waals surface area contributed by atoms with Gasteiger partial charge in [0.25, 0.3) is 0 Å². The fourth-order valence-corrected chi connectivity index (χ4v) is 3.99. The Kier molecular flexibility index (Phi) is 6.76. The van der Waals surface area contributed by atoms with Crippen LogP contribution in [0.15, 0.2) is 24.3 Å². The topological polar surface area (TPSA) is 12.0 Å². The van der Waals surface area contributed by atoms with E-state index in [1.807, 2.05) is 0 Å². The molecule has 1 aromatic carbocycles. The Hall–Kier alpha value is -0.820. The molecule has 1 heteroatoms. The number of hydrogen-bond donors (Lipinski definition) is 1. The summed E-state index contributed by atoms with van der Waals surface area (Å²) in [6.45, 7) is 7.99. The van der Waals surface area contributed by atoms with Gasteiger partial charge in [0.15, 0.2) is 0 Å². The van der Waals surface area contributed by atoms with Crippen LogP contribution in [0.4, 0.5) is 0 Å². The van der Waals surface area contributed by atoms with Crippen LogP contribution in [0, 0.1) is 11.8 Å². The molecule has 1 aliphatic rings. The van der Waals surface area contributed by atoms with Crippen LogP contribution in [0.2, 0.25) is 0 Å². The van der Waals surface area contributed by atoms with E-state index in [0.717, 1.165) is 18.4 Å². The molecule has 0 aliphatic heterocycles. The number of fused-ring (bicyclic) bond motifs is 1. The van der Waals surface area contributed by atoms with E-state index in [-0.39, 0.29) is 0 Å². The first-order valence-corrected chi connectivity index (χ1v) is 9.11. The molecule has 21 heavy (non-hydrogen) atoms. The second-order valence-electron chi connectivity index (χ2n) is 6.69. The average molecular weight is 287 g/mol. The molecule has 0 radical (unpaired) electrons. The lowest BCUT2D eigenvalue weighted by Gasteiger charge is -2.36. The fraction of sp³-hybridized carbons (Fsp3) is 0.700. The maximum atomic E-state index is 3.78. The standard InChI is InChI=1S/C20H33N/c1-4-7-10-16(5-2)15-18-14-13-17-11-8-9-12-19(17)20(18)21-6-3/h8-9,11-12,16,18,20-21H,4-7,10,13-15H2,1-3H3. The van der Waals surface area contributed by atoms with Gasteiger partial charge in [-0.1, -0.05) is 70.7 Å². The molecule has 1 aliphatic carbocycles. The van der Waals surface area contributed by atoms with Crippen molar-refractivity contribution in [3.63, 3.8) is 0 Å². The molecule has 0 fully saturated rings. The van der Waals surface area contributed by atoms with Gasteiger partial charge in [-0.05, 0) is 48.8 Å². The summed E-state index contributed by atoms with van der Waals surface area (Å²) in [5.41, 5.74) is 3.14. The van der Waals surface area contributed by atoms with E-state index in [9.17, 15) is 0 Å². The summed E-state index contributed by atoms with van der Waals surface area (Å²) in [6, 6.07) is 9.65. The highest BCUT2D eigenvalue weighted by Gasteiger charge is 2.29. The van der Waals surface area contributed by atoms with Gasteiger partial charge in [-0.2, -0.15) is 0 Å². The zero-order valence-corrected chi connectivity index (χ0v) is 14.2. The Morgan fingerprint density at radius 2 is 2.00 bits per heavy atom. The van der Waals surface area contributed by atoms with Crippen molar-refractivity contribution in [3.05, 3.63) is 35.4 Å². The minimum Gasteiger partial charge on any atom is -0.310 e. The van der Waals surface area contributed by atoms with Gasteiger partial charge >= 0.3 is 0 Å². The van der Waals surface area contributed by atoms with E-state index in [2.05, 4.69) is 50.4 Å². The Labute approximate surface area is 131 Å². The summed E-state index contributed by atoms with van der Waals surface area (Å²) in [6.07, 6.45) is 9.53. The van der Waals surface area contributed by atoms with E-state index >= 15 is 0 Å². The Morgan fingerprint density at radius 3 is 2.71 bits per heavy atom. The zero-order valence-electron chi connectivity index (χ0n) is 14.2. The van der Waals surface area contributed by atoms with Crippen LogP contribution in [0.3, 0.4) is 0 Å². The van der Waals surface area contributed by atoms with Gasteiger partial charge in [-0.3, -0.25) is 0 Å². The lowest BCUT2D eigenvalue weighted by molar-refractivity contribution is 0.249. The maximum absolute atomic E-state index is 3.78. The van der Waals surface area contributed by atoms with Crippen molar-refractivity contribution < 1.29 is 0 Å². The van der Waals surface area contributed by atoms with Gasteiger partial charge < -0.3 is 5.32 Å². The molecule has 118 valence electrons. The third kappa shape index (κ3) is 4.32. The quantitative estimate of drug-likeness (QED) is 0.665. The summed E-state index contributed by atoms with van der Waals surface area (Å²) in [4.78, 5) is 0. The van der Waals surface area contributed by atoms with Crippen molar-refractivity contribution in [2.75, 3.05) is 6.54 Å². The molecule has 1 aromatic rings. The molecule has 0 bridgehead atoms. The minimum atomic E-state index is 0.579. The van der Waals surface area contributed by atoms with Gasteiger partial charge in [0, 0.05) is 6.04 Å². The maximum Gasteiger partial charge on any atom is 0.0351 e. The molecule has 0 saturated heterocycles. The largest absolute Gasteiger partial charge is 0.310 e. The van der Waals surface area contributed by atoms with Crippen molar-refractivity contribution in [1.29, 1.82) is 0 Å². The monoisotopic (exact) mass is 287 g/mol. The summed E-state index contributed by atoms with van der Waals surface area (Å²) < 4.78 is 0. The van der Waals surface area contributed by atoms with Crippen molar-refractivity contribution in [2.45, 2.75) is 71.8 Å². The molecular formula is C20H33N.